The van der Waals surface area contributed by atoms with Crippen LogP contribution in [0.2, 0.25) is 0 Å². The maximum absolute atomic E-state index is 5.50. The minimum atomic E-state index is 0.755. The highest BCUT2D eigenvalue weighted by Gasteiger charge is 2.23. The van der Waals surface area contributed by atoms with Gasteiger partial charge in [0.15, 0.2) is 5.16 Å². The molecule has 1 aliphatic heterocycles. The average molecular weight is 359 g/mol. The van der Waals surface area contributed by atoms with E-state index in [4.69, 9.17) is 4.74 Å². The lowest BCUT2D eigenvalue weighted by molar-refractivity contribution is 0.122. The highest BCUT2D eigenvalue weighted by atomic mass is 32.2. The van der Waals surface area contributed by atoms with Crippen LogP contribution >= 0.6 is 11.8 Å². The van der Waals surface area contributed by atoms with Gasteiger partial charge in [-0.1, -0.05) is 36.7 Å². The van der Waals surface area contributed by atoms with E-state index in [1.165, 1.54) is 31.2 Å². The van der Waals surface area contributed by atoms with Crippen LogP contribution in [0.1, 0.15) is 31.2 Å². The second kappa shape index (κ2) is 7.79. The lowest BCUT2D eigenvalue weighted by Gasteiger charge is -2.28. The predicted octanol–water partition coefficient (Wildman–Crippen LogP) is 3.69. The van der Waals surface area contributed by atoms with Crippen LogP contribution in [-0.4, -0.2) is 46.8 Å². The average Bonchev–Trinajstić information content (AvgIpc) is 3.30. The third kappa shape index (κ3) is 3.85. The number of rotatable bonds is 5. The van der Waals surface area contributed by atoms with Crippen molar-refractivity contribution in [2.75, 3.05) is 37.0 Å². The molecule has 0 bridgehead atoms. The standard InChI is InChI=1S/C19H26N4OS/c1-15-5-4-8-17(13-15)23-18(22-9-11-24-12-10-22)20-21-19(23)25-14-16-6-2-3-7-16/h4-5,8,13,16H,2-3,6-7,9-12,14H2,1H3. The van der Waals surface area contributed by atoms with E-state index < -0.39 is 0 Å². The summed E-state index contributed by atoms with van der Waals surface area (Å²) >= 11 is 1.86. The minimum Gasteiger partial charge on any atom is -0.378 e. The zero-order chi connectivity index (χ0) is 17.1. The van der Waals surface area contributed by atoms with Crippen molar-refractivity contribution < 1.29 is 4.74 Å². The van der Waals surface area contributed by atoms with Crippen molar-refractivity contribution in [3.8, 4) is 5.69 Å². The summed E-state index contributed by atoms with van der Waals surface area (Å²) in [6, 6.07) is 8.61. The molecule has 6 heteroatoms. The number of hydrogen-bond donors (Lipinski definition) is 0. The highest BCUT2D eigenvalue weighted by molar-refractivity contribution is 7.99. The number of aromatic nitrogens is 3. The summed E-state index contributed by atoms with van der Waals surface area (Å²) in [6.45, 7) is 5.39. The highest BCUT2D eigenvalue weighted by Crippen LogP contribution is 2.33. The monoisotopic (exact) mass is 358 g/mol. The summed E-state index contributed by atoms with van der Waals surface area (Å²) in [4.78, 5) is 2.29. The predicted molar refractivity (Wildman–Crippen MR) is 102 cm³/mol. The first-order valence-electron chi connectivity index (χ1n) is 9.29. The molecule has 2 fully saturated rings. The van der Waals surface area contributed by atoms with Gasteiger partial charge in [0.2, 0.25) is 5.95 Å². The van der Waals surface area contributed by atoms with E-state index in [2.05, 4.69) is 50.9 Å². The summed E-state index contributed by atoms with van der Waals surface area (Å²) in [5.41, 5.74) is 2.41. The Morgan fingerprint density at radius 1 is 1.16 bits per heavy atom. The zero-order valence-corrected chi connectivity index (χ0v) is 15.7. The third-order valence-corrected chi connectivity index (χ3v) is 6.25. The molecule has 2 heterocycles. The molecule has 0 unspecified atom stereocenters. The Bertz CT molecular complexity index is 705. The van der Waals surface area contributed by atoms with Gasteiger partial charge < -0.3 is 9.64 Å². The van der Waals surface area contributed by atoms with Gasteiger partial charge >= 0.3 is 0 Å². The van der Waals surface area contributed by atoms with Crippen molar-refractivity contribution in [1.82, 2.24) is 14.8 Å². The van der Waals surface area contributed by atoms with E-state index in [9.17, 15) is 0 Å². The van der Waals surface area contributed by atoms with Crippen molar-refractivity contribution in [3.63, 3.8) is 0 Å². The Kier molecular flexibility index (Phi) is 5.27. The van der Waals surface area contributed by atoms with Crippen LogP contribution in [-0.2, 0) is 4.74 Å². The summed E-state index contributed by atoms with van der Waals surface area (Å²) in [6.07, 6.45) is 5.49. The quantitative estimate of drug-likeness (QED) is 0.763. The number of hydrogen-bond acceptors (Lipinski definition) is 5. The first-order valence-corrected chi connectivity index (χ1v) is 10.3. The van der Waals surface area contributed by atoms with Crippen molar-refractivity contribution in [2.24, 2.45) is 5.92 Å². The molecule has 1 aliphatic carbocycles. The summed E-state index contributed by atoms with van der Waals surface area (Å²) in [7, 11) is 0. The van der Waals surface area contributed by atoms with Gasteiger partial charge in [-0.25, -0.2) is 0 Å². The van der Waals surface area contributed by atoms with Crippen LogP contribution in [0.15, 0.2) is 29.4 Å². The molecule has 2 aromatic rings. The molecule has 4 rings (SSSR count). The molecule has 1 aromatic heterocycles. The lowest BCUT2D eigenvalue weighted by Crippen LogP contribution is -2.37. The fourth-order valence-corrected chi connectivity index (χ4v) is 4.82. The molecule has 5 nitrogen and oxygen atoms in total. The maximum atomic E-state index is 5.50. The fourth-order valence-electron chi connectivity index (χ4n) is 3.69. The van der Waals surface area contributed by atoms with Crippen molar-refractivity contribution >= 4 is 17.7 Å². The Balaban J connectivity index is 1.64. The molecule has 2 aliphatic rings. The molecule has 0 radical (unpaired) electrons. The molecule has 1 saturated heterocycles. The van der Waals surface area contributed by atoms with Gasteiger partial charge in [0.05, 0.1) is 18.9 Å². The zero-order valence-electron chi connectivity index (χ0n) is 14.9. The normalized spacial score (nSPS) is 18.8. The Labute approximate surface area is 153 Å². The topological polar surface area (TPSA) is 43.2 Å². The molecule has 0 N–H and O–H groups in total. The van der Waals surface area contributed by atoms with Crippen molar-refractivity contribution in [1.29, 1.82) is 0 Å². The molecule has 134 valence electrons. The SMILES string of the molecule is Cc1cccc(-n2c(SCC3CCCC3)nnc2N2CCOCC2)c1. The van der Waals surface area contributed by atoms with Crippen LogP contribution in [0, 0.1) is 12.8 Å². The first-order chi connectivity index (χ1) is 12.3. The second-order valence-electron chi connectivity index (χ2n) is 7.02. The minimum absolute atomic E-state index is 0.755. The van der Waals surface area contributed by atoms with Crippen LogP contribution in [0.25, 0.3) is 5.69 Å². The Morgan fingerprint density at radius 3 is 2.72 bits per heavy atom. The van der Waals surface area contributed by atoms with Crippen molar-refractivity contribution in [2.45, 2.75) is 37.8 Å². The van der Waals surface area contributed by atoms with E-state index >= 15 is 0 Å². The van der Waals surface area contributed by atoms with Crippen LogP contribution in [0.5, 0.6) is 0 Å². The number of anilines is 1. The summed E-state index contributed by atoms with van der Waals surface area (Å²) < 4.78 is 7.74. The molecule has 1 aromatic carbocycles. The smallest absolute Gasteiger partial charge is 0.232 e. The first kappa shape index (κ1) is 16.9. The van der Waals surface area contributed by atoms with E-state index in [0.717, 1.165) is 54.8 Å². The number of thioether (sulfide) groups is 1. The summed E-state index contributed by atoms with van der Waals surface area (Å²) in [5.74, 6) is 2.93. The number of benzene rings is 1. The van der Waals surface area contributed by atoms with Gasteiger partial charge in [0, 0.05) is 18.8 Å². The fraction of sp³-hybridized carbons (Fsp3) is 0.579. The Hall–Kier alpha value is -1.53. The van der Waals surface area contributed by atoms with Gasteiger partial charge in [0.1, 0.15) is 0 Å². The van der Waals surface area contributed by atoms with Crippen molar-refractivity contribution in [3.05, 3.63) is 29.8 Å². The molecular weight excluding hydrogens is 332 g/mol. The maximum Gasteiger partial charge on any atom is 0.232 e. The van der Waals surface area contributed by atoms with Gasteiger partial charge in [-0.15, -0.1) is 10.2 Å². The summed E-state index contributed by atoms with van der Waals surface area (Å²) in [5, 5.41) is 10.1. The van der Waals surface area contributed by atoms with Crippen LogP contribution < -0.4 is 4.90 Å². The third-order valence-electron chi connectivity index (χ3n) is 5.09. The number of nitrogens with zero attached hydrogens (tertiary/aromatic N) is 4. The number of ether oxygens (including phenoxy) is 1. The number of morpholine rings is 1. The van der Waals surface area contributed by atoms with Gasteiger partial charge in [-0.3, -0.25) is 4.57 Å². The lowest BCUT2D eigenvalue weighted by atomic mass is 10.1. The van der Waals surface area contributed by atoms with Crippen LogP contribution in [0.3, 0.4) is 0 Å². The van der Waals surface area contributed by atoms with E-state index in [1.807, 2.05) is 11.8 Å². The van der Waals surface area contributed by atoms with Gasteiger partial charge in [0.25, 0.3) is 0 Å². The van der Waals surface area contributed by atoms with E-state index in [1.54, 1.807) is 0 Å². The van der Waals surface area contributed by atoms with E-state index in [-0.39, 0.29) is 0 Å². The molecule has 0 atom stereocenters. The van der Waals surface area contributed by atoms with Gasteiger partial charge in [-0.05, 0) is 43.4 Å². The second-order valence-corrected chi connectivity index (χ2v) is 8.01. The molecule has 0 amide bonds. The molecule has 25 heavy (non-hydrogen) atoms. The molecular formula is C19H26N4OS. The largest absolute Gasteiger partial charge is 0.378 e. The van der Waals surface area contributed by atoms with Gasteiger partial charge in [-0.2, -0.15) is 0 Å². The molecule has 0 spiro atoms. The van der Waals surface area contributed by atoms with E-state index in [0.29, 0.717) is 0 Å². The molecule has 1 saturated carbocycles. The van der Waals surface area contributed by atoms with Crippen LogP contribution in [0.4, 0.5) is 5.95 Å². The number of aryl methyl sites for hydroxylation is 1. The Morgan fingerprint density at radius 2 is 1.96 bits per heavy atom.